The molecule has 0 fully saturated rings. The molecule has 0 unspecified atom stereocenters. The molecule has 2 aromatic carbocycles. The number of carbonyl (C=O) groups excluding carboxylic acids is 2. The first-order valence-corrected chi connectivity index (χ1v) is 10.5. The molecule has 2 N–H and O–H groups in total. The molecule has 3 aromatic rings. The van der Waals surface area contributed by atoms with Crippen LogP contribution >= 0.6 is 0 Å². The van der Waals surface area contributed by atoms with E-state index in [0.717, 1.165) is 28.3 Å². The van der Waals surface area contributed by atoms with Gasteiger partial charge in [-0.15, -0.1) is 0 Å². The zero-order valence-corrected chi connectivity index (χ0v) is 19.4. The van der Waals surface area contributed by atoms with Gasteiger partial charge in [-0.25, -0.2) is 9.48 Å². The molecule has 7 heteroatoms. The Balaban J connectivity index is 1.63. The Kier molecular flexibility index (Phi) is 6.67. The van der Waals surface area contributed by atoms with E-state index in [9.17, 15) is 9.59 Å². The SMILES string of the molecule is Cc1ccc(-n2nc(C)c(NC(=O)Cc3ccc(NC(=O)OC(C)(C)C)cc3)c2C)cc1. The van der Waals surface area contributed by atoms with Crippen LogP contribution in [0.5, 0.6) is 0 Å². The zero-order chi connectivity index (χ0) is 23.5. The topological polar surface area (TPSA) is 85.3 Å². The fourth-order valence-corrected chi connectivity index (χ4v) is 3.26. The van der Waals surface area contributed by atoms with Gasteiger partial charge in [-0.1, -0.05) is 29.8 Å². The van der Waals surface area contributed by atoms with Gasteiger partial charge in [-0.2, -0.15) is 5.10 Å². The summed E-state index contributed by atoms with van der Waals surface area (Å²) in [7, 11) is 0. The van der Waals surface area contributed by atoms with E-state index in [1.54, 1.807) is 12.1 Å². The number of nitrogens with one attached hydrogen (secondary N) is 2. The lowest BCUT2D eigenvalue weighted by molar-refractivity contribution is -0.115. The standard InChI is InChI=1S/C25H30N4O3/c1-16-7-13-21(14-8-16)29-18(3)23(17(2)28-29)27-22(30)15-19-9-11-20(12-10-19)26-24(31)32-25(4,5)6/h7-14H,15H2,1-6H3,(H,26,31)(H,27,30). The number of amides is 2. The summed E-state index contributed by atoms with van der Waals surface area (Å²) in [5, 5.41) is 10.3. The number of carbonyl (C=O) groups is 2. The van der Waals surface area contributed by atoms with Gasteiger partial charge in [-0.3, -0.25) is 10.1 Å². The van der Waals surface area contributed by atoms with Crippen LogP contribution in [0.4, 0.5) is 16.2 Å². The highest BCUT2D eigenvalue weighted by molar-refractivity contribution is 5.93. The van der Waals surface area contributed by atoms with Gasteiger partial charge < -0.3 is 10.1 Å². The number of hydrogen-bond acceptors (Lipinski definition) is 4. The van der Waals surface area contributed by atoms with Gasteiger partial charge in [0.25, 0.3) is 0 Å². The van der Waals surface area contributed by atoms with Crippen molar-refractivity contribution in [3.63, 3.8) is 0 Å². The van der Waals surface area contributed by atoms with Crippen LogP contribution in [-0.4, -0.2) is 27.4 Å². The van der Waals surface area contributed by atoms with Gasteiger partial charge in [0.15, 0.2) is 0 Å². The lowest BCUT2D eigenvalue weighted by Crippen LogP contribution is -2.27. The van der Waals surface area contributed by atoms with Gasteiger partial charge in [0.1, 0.15) is 5.60 Å². The first kappa shape index (κ1) is 23.1. The van der Waals surface area contributed by atoms with Crippen molar-refractivity contribution in [2.45, 2.75) is 53.6 Å². The Morgan fingerprint density at radius 3 is 2.16 bits per heavy atom. The predicted molar refractivity (Wildman–Crippen MR) is 126 cm³/mol. The van der Waals surface area contributed by atoms with E-state index in [2.05, 4.69) is 15.7 Å². The van der Waals surface area contributed by atoms with Crippen LogP contribution in [0.2, 0.25) is 0 Å². The second kappa shape index (κ2) is 9.26. The summed E-state index contributed by atoms with van der Waals surface area (Å²) in [6.45, 7) is 11.3. The van der Waals surface area contributed by atoms with Crippen molar-refractivity contribution in [1.29, 1.82) is 0 Å². The maximum Gasteiger partial charge on any atom is 0.412 e. The molecule has 0 aliphatic heterocycles. The van der Waals surface area contributed by atoms with E-state index < -0.39 is 11.7 Å². The summed E-state index contributed by atoms with van der Waals surface area (Å²) in [4.78, 5) is 24.5. The van der Waals surface area contributed by atoms with Gasteiger partial charge in [-0.05, 0) is 71.4 Å². The Morgan fingerprint density at radius 2 is 1.56 bits per heavy atom. The number of benzene rings is 2. The van der Waals surface area contributed by atoms with Crippen LogP contribution in [-0.2, 0) is 16.0 Å². The minimum absolute atomic E-state index is 0.132. The first-order valence-electron chi connectivity index (χ1n) is 10.5. The summed E-state index contributed by atoms with van der Waals surface area (Å²) in [5.41, 5.74) is 5.35. The highest BCUT2D eigenvalue weighted by Gasteiger charge is 2.17. The van der Waals surface area contributed by atoms with Crippen LogP contribution in [0.15, 0.2) is 48.5 Å². The molecule has 0 atom stereocenters. The lowest BCUT2D eigenvalue weighted by Gasteiger charge is -2.19. The molecule has 0 spiro atoms. The second-order valence-electron chi connectivity index (χ2n) is 8.84. The fraction of sp³-hybridized carbons (Fsp3) is 0.320. The third-order valence-corrected chi connectivity index (χ3v) is 4.80. The van der Waals surface area contributed by atoms with Crippen molar-refractivity contribution in [2.24, 2.45) is 0 Å². The molecule has 1 heterocycles. The number of rotatable bonds is 5. The average Bonchev–Trinajstić information content (AvgIpc) is 2.97. The van der Waals surface area contributed by atoms with E-state index in [4.69, 9.17) is 4.74 Å². The Bertz CT molecular complexity index is 1110. The third kappa shape index (κ3) is 5.97. The number of aromatic nitrogens is 2. The summed E-state index contributed by atoms with van der Waals surface area (Å²) in [5.74, 6) is -0.132. The molecule has 0 bridgehead atoms. The number of ether oxygens (including phenoxy) is 1. The zero-order valence-electron chi connectivity index (χ0n) is 19.4. The molecule has 7 nitrogen and oxygen atoms in total. The van der Waals surface area contributed by atoms with Crippen LogP contribution in [0, 0.1) is 20.8 Å². The normalized spacial score (nSPS) is 11.2. The molecule has 0 saturated carbocycles. The summed E-state index contributed by atoms with van der Waals surface area (Å²) in [6, 6.07) is 15.2. The van der Waals surface area contributed by atoms with Crippen LogP contribution in [0.25, 0.3) is 5.69 Å². The lowest BCUT2D eigenvalue weighted by atomic mass is 10.1. The third-order valence-electron chi connectivity index (χ3n) is 4.80. The molecule has 0 aliphatic rings. The molecule has 1 aromatic heterocycles. The first-order chi connectivity index (χ1) is 15.0. The summed E-state index contributed by atoms with van der Waals surface area (Å²) >= 11 is 0. The number of hydrogen-bond donors (Lipinski definition) is 2. The maximum atomic E-state index is 12.7. The van der Waals surface area contributed by atoms with Gasteiger partial charge in [0.2, 0.25) is 5.91 Å². The maximum absolute atomic E-state index is 12.7. The van der Waals surface area contributed by atoms with E-state index in [1.165, 1.54) is 5.56 Å². The van der Waals surface area contributed by atoms with Crippen molar-refractivity contribution in [2.75, 3.05) is 10.6 Å². The average molecular weight is 435 g/mol. The van der Waals surface area contributed by atoms with Gasteiger partial charge in [0, 0.05) is 5.69 Å². The monoisotopic (exact) mass is 434 g/mol. The Morgan fingerprint density at radius 1 is 0.938 bits per heavy atom. The number of nitrogens with zero attached hydrogens (tertiary/aromatic N) is 2. The number of anilines is 2. The van der Waals surface area contributed by atoms with Crippen LogP contribution in [0.3, 0.4) is 0 Å². The van der Waals surface area contributed by atoms with E-state index >= 15 is 0 Å². The highest BCUT2D eigenvalue weighted by atomic mass is 16.6. The molecule has 32 heavy (non-hydrogen) atoms. The van der Waals surface area contributed by atoms with Crippen molar-refractivity contribution in [3.05, 3.63) is 71.0 Å². The molecule has 168 valence electrons. The van der Waals surface area contributed by atoms with E-state index in [0.29, 0.717) is 5.69 Å². The quantitative estimate of drug-likeness (QED) is 0.569. The molecule has 0 aliphatic carbocycles. The molecular formula is C25H30N4O3. The second-order valence-corrected chi connectivity index (χ2v) is 8.84. The van der Waals surface area contributed by atoms with E-state index in [-0.39, 0.29) is 12.3 Å². The minimum atomic E-state index is -0.564. The largest absolute Gasteiger partial charge is 0.444 e. The molecular weight excluding hydrogens is 404 g/mol. The van der Waals surface area contributed by atoms with Gasteiger partial charge in [0.05, 0.1) is 29.2 Å². The van der Waals surface area contributed by atoms with Gasteiger partial charge >= 0.3 is 6.09 Å². The summed E-state index contributed by atoms with van der Waals surface area (Å²) < 4.78 is 7.08. The fourth-order valence-electron chi connectivity index (χ4n) is 3.26. The molecule has 0 radical (unpaired) electrons. The molecule has 3 rings (SSSR count). The van der Waals surface area contributed by atoms with Crippen molar-refractivity contribution < 1.29 is 14.3 Å². The highest BCUT2D eigenvalue weighted by Crippen LogP contribution is 2.23. The smallest absolute Gasteiger partial charge is 0.412 e. The Labute approximate surface area is 188 Å². The van der Waals surface area contributed by atoms with Crippen molar-refractivity contribution in [3.8, 4) is 5.69 Å². The van der Waals surface area contributed by atoms with Crippen molar-refractivity contribution >= 4 is 23.4 Å². The van der Waals surface area contributed by atoms with Crippen molar-refractivity contribution in [1.82, 2.24) is 9.78 Å². The summed E-state index contributed by atoms with van der Waals surface area (Å²) in [6.07, 6.45) is -0.305. The number of aryl methyl sites for hydroxylation is 2. The minimum Gasteiger partial charge on any atom is -0.444 e. The van der Waals surface area contributed by atoms with E-state index in [1.807, 2.05) is 82.6 Å². The van der Waals surface area contributed by atoms with Crippen LogP contribution in [0.1, 0.15) is 43.3 Å². The Hall–Kier alpha value is -3.61. The predicted octanol–water partition coefficient (Wildman–Crippen LogP) is 5.33. The molecule has 2 amide bonds. The molecule has 0 saturated heterocycles. The van der Waals surface area contributed by atoms with Crippen LogP contribution < -0.4 is 10.6 Å².